The molecule has 8 nitrogen and oxygen atoms in total. The normalized spacial score (nSPS) is 22.7. The first kappa shape index (κ1) is 31.8. The number of likely N-dealkylation sites (tertiary alicyclic amines) is 1. The van der Waals surface area contributed by atoms with Gasteiger partial charge in [-0.3, -0.25) is 13.9 Å². The Morgan fingerprint density at radius 2 is 1.75 bits per heavy atom. The molecule has 0 radical (unpaired) electrons. The Hall–Kier alpha value is -3.58. The largest absolute Gasteiger partial charge is 0.481 e. The third kappa shape index (κ3) is 6.73. The molecule has 1 saturated carbocycles. The van der Waals surface area contributed by atoms with Crippen LogP contribution in [0.25, 0.3) is 4.85 Å². The molecular formula is C33H33Cl2N3O5S. The zero-order valence-corrected chi connectivity index (χ0v) is 26.7. The van der Waals surface area contributed by atoms with Gasteiger partial charge in [0.05, 0.1) is 43.3 Å². The van der Waals surface area contributed by atoms with Crippen molar-refractivity contribution in [2.24, 2.45) is 11.3 Å². The van der Waals surface area contributed by atoms with E-state index >= 15 is 0 Å². The lowest BCUT2D eigenvalue weighted by Crippen LogP contribution is -2.59. The second-order valence-electron chi connectivity index (χ2n) is 12.0. The molecular weight excluding hydrogens is 621 g/mol. The van der Waals surface area contributed by atoms with Crippen molar-refractivity contribution in [1.29, 1.82) is 0 Å². The van der Waals surface area contributed by atoms with Gasteiger partial charge in [0.2, 0.25) is 15.9 Å². The fraction of sp³-hybridized carbons (Fsp3) is 0.364. The summed E-state index contributed by atoms with van der Waals surface area (Å²) >= 11 is 12.7. The molecule has 0 aromatic heterocycles. The van der Waals surface area contributed by atoms with Gasteiger partial charge in [-0.2, -0.15) is 0 Å². The number of benzene rings is 3. The van der Waals surface area contributed by atoms with E-state index in [2.05, 4.69) is 4.85 Å². The van der Waals surface area contributed by atoms with Gasteiger partial charge >= 0.3 is 5.97 Å². The molecule has 1 heterocycles. The molecule has 1 aliphatic carbocycles. The Bertz CT molecular complexity index is 1720. The highest BCUT2D eigenvalue weighted by Gasteiger charge is 2.55. The number of sulfonamides is 1. The van der Waals surface area contributed by atoms with Crippen LogP contribution in [-0.2, 0) is 19.6 Å². The maximum atomic E-state index is 14.7. The van der Waals surface area contributed by atoms with E-state index in [9.17, 15) is 23.1 Å². The van der Waals surface area contributed by atoms with Gasteiger partial charge < -0.3 is 10.0 Å². The average molecular weight is 655 g/mol. The lowest BCUT2D eigenvalue weighted by atomic mass is 9.67. The van der Waals surface area contributed by atoms with Crippen LogP contribution in [0, 0.1) is 17.9 Å². The number of rotatable bonds is 10. The highest BCUT2D eigenvalue weighted by Crippen LogP contribution is 2.54. The van der Waals surface area contributed by atoms with Crippen LogP contribution in [0.1, 0.15) is 55.7 Å². The van der Waals surface area contributed by atoms with Gasteiger partial charge in [-0.1, -0.05) is 66.5 Å². The fourth-order valence-electron chi connectivity index (χ4n) is 6.51. The van der Waals surface area contributed by atoms with Gasteiger partial charge in [0, 0.05) is 21.7 Å². The summed E-state index contributed by atoms with van der Waals surface area (Å²) in [6.07, 6.45) is 2.56. The number of anilines is 1. The molecule has 230 valence electrons. The summed E-state index contributed by atoms with van der Waals surface area (Å²) in [6, 6.07) is 19.9. The summed E-state index contributed by atoms with van der Waals surface area (Å²) in [7, 11) is -3.84. The molecule has 1 N–H and O–H groups in total. The highest BCUT2D eigenvalue weighted by molar-refractivity contribution is 7.92. The zero-order valence-electron chi connectivity index (χ0n) is 24.4. The van der Waals surface area contributed by atoms with Gasteiger partial charge in [-0.15, -0.1) is 0 Å². The second-order valence-corrected chi connectivity index (χ2v) is 14.8. The van der Waals surface area contributed by atoms with Crippen molar-refractivity contribution in [3.63, 3.8) is 0 Å². The number of carbonyl (C=O) groups is 2. The van der Waals surface area contributed by atoms with E-state index in [1.54, 1.807) is 48.2 Å². The summed E-state index contributed by atoms with van der Waals surface area (Å²) in [5.41, 5.74) is 1.01. The first-order valence-electron chi connectivity index (χ1n) is 14.3. The topological polar surface area (TPSA) is 99.3 Å². The van der Waals surface area contributed by atoms with Crippen LogP contribution in [0.2, 0.25) is 10.0 Å². The van der Waals surface area contributed by atoms with E-state index in [0.717, 1.165) is 30.2 Å². The van der Waals surface area contributed by atoms with Crippen LogP contribution in [0.5, 0.6) is 0 Å². The van der Waals surface area contributed by atoms with Crippen LogP contribution in [0.15, 0.2) is 72.8 Å². The Labute approximate surface area is 268 Å². The smallest absolute Gasteiger partial charge is 0.304 e. The van der Waals surface area contributed by atoms with E-state index in [0.29, 0.717) is 21.4 Å². The molecule has 44 heavy (non-hydrogen) atoms. The molecule has 3 aromatic rings. The number of carbonyl (C=O) groups excluding carboxylic acids is 1. The number of piperidine rings is 1. The molecule has 3 aromatic carbocycles. The predicted octanol–water partition coefficient (Wildman–Crippen LogP) is 7.33. The maximum absolute atomic E-state index is 14.7. The van der Waals surface area contributed by atoms with Crippen LogP contribution >= 0.6 is 23.2 Å². The Kier molecular flexibility index (Phi) is 8.99. The number of carboxylic acid groups (broad SMARTS) is 1. The highest BCUT2D eigenvalue weighted by atomic mass is 35.5. The molecule has 11 heteroatoms. The molecule has 4 atom stereocenters. The van der Waals surface area contributed by atoms with E-state index in [-0.39, 0.29) is 37.1 Å². The Balaban J connectivity index is 1.71. The average Bonchev–Trinajstić information content (AvgIpc) is 3.80. The zero-order chi connectivity index (χ0) is 31.8. The van der Waals surface area contributed by atoms with Crippen molar-refractivity contribution in [1.82, 2.24) is 4.90 Å². The van der Waals surface area contributed by atoms with Crippen LogP contribution in [-0.4, -0.2) is 49.1 Å². The third-order valence-corrected chi connectivity index (χ3v) is 10.3. The Morgan fingerprint density at radius 3 is 2.34 bits per heavy atom. The summed E-state index contributed by atoms with van der Waals surface area (Å²) in [4.78, 5) is 32.1. The van der Waals surface area contributed by atoms with Crippen molar-refractivity contribution in [2.45, 2.75) is 50.6 Å². The fourth-order valence-corrected chi connectivity index (χ4v) is 7.75. The van der Waals surface area contributed by atoms with E-state index in [1.807, 2.05) is 30.3 Å². The monoisotopic (exact) mass is 653 g/mol. The van der Waals surface area contributed by atoms with Crippen molar-refractivity contribution in [2.75, 3.05) is 17.1 Å². The molecule has 1 saturated heterocycles. The van der Waals surface area contributed by atoms with Crippen molar-refractivity contribution >= 4 is 56.5 Å². The minimum absolute atomic E-state index is 0.00534. The number of aliphatic carboxylic acids is 1. The minimum Gasteiger partial charge on any atom is -0.481 e. The molecule has 2 fully saturated rings. The van der Waals surface area contributed by atoms with Gasteiger partial charge in [0.15, 0.2) is 5.69 Å². The lowest BCUT2D eigenvalue weighted by molar-refractivity contribution is -0.160. The SMILES string of the molecule is [C-]#[N+]c1cccc(N(C[C@H](C2CC2)N2C(=O)[C@@](C)(CC(=O)O)C[C@H](c3cccc(Cl)c3)[C@H]2c2ccc(Cl)cc2)S(C)(=O)=O)c1. The summed E-state index contributed by atoms with van der Waals surface area (Å²) < 4.78 is 27.9. The molecule has 1 amide bonds. The minimum atomic E-state index is -3.84. The van der Waals surface area contributed by atoms with Crippen molar-refractivity contribution in [3.05, 3.63) is 105 Å². The van der Waals surface area contributed by atoms with Crippen LogP contribution < -0.4 is 4.31 Å². The summed E-state index contributed by atoms with van der Waals surface area (Å²) in [5, 5.41) is 11.0. The number of amides is 1. The first-order valence-corrected chi connectivity index (χ1v) is 16.9. The number of hydrogen-bond donors (Lipinski definition) is 1. The van der Waals surface area contributed by atoms with Crippen LogP contribution in [0.4, 0.5) is 11.4 Å². The summed E-state index contributed by atoms with van der Waals surface area (Å²) in [5.74, 6) is -1.78. The predicted molar refractivity (Wildman–Crippen MR) is 172 cm³/mol. The third-order valence-electron chi connectivity index (χ3n) is 8.66. The summed E-state index contributed by atoms with van der Waals surface area (Å²) in [6.45, 7) is 9.07. The van der Waals surface area contributed by atoms with E-state index in [4.69, 9.17) is 29.8 Å². The van der Waals surface area contributed by atoms with Gasteiger partial charge in [-0.05, 0) is 72.7 Å². The molecule has 1 aliphatic heterocycles. The van der Waals surface area contributed by atoms with E-state index in [1.165, 1.54) is 10.4 Å². The second kappa shape index (κ2) is 12.4. The Morgan fingerprint density at radius 1 is 1.07 bits per heavy atom. The number of nitrogens with zero attached hydrogens (tertiary/aromatic N) is 3. The lowest BCUT2D eigenvalue weighted by Gasteiger charge is -2.52. The molecule has 2 aliphatic rings. The molecule has 0 bridgehead atoms. The van der Waals surface area contributed by atoms with Crippen molar-refractivity contribution < 1.29 is 23.1 Å². The molecule has 0 unspecified atom stereocenters. The number of halogens is 2. The number of hydrogen-bond acceptors (Lipinski definition) is 4. The van der Waals surface area contributed by atoms with Gasteiger partial charge in [0.1, 0.15) is 0 Å². The number of carboxylic acids is 1. The molecule has 5 rings (SSSR count). The molecule has 0 spiro atoms. The van der Waals surface area contributed by atoms with Gasteiger partial charge in [-0.25, -0.2) is 13.3 Å². The standard InChI is InChI=1S/C33H33Cl2N3O5S/c1-33(19-30(39)40)18-28(23-6-4-7-25(35)16-23)31(22-12-14-24(34)15-13-22)38(32(33)41)29(21-10-11-21)20-37(44(3,42)43)27-9-5-8-26(17-27)36-2/h4-9,12-17,21,28-29,31H,10-11,18-20H2,1,3H3,(H,39,40)/t28-,29-,31-,33-/m1/s1. The van der Waals surface area contributed by atoms with E-state index < -0.39 is 33.5 Å². The van der Waals surface area contributed by atoms with Crippen LogP contribution in [0.3, 0.4) is 0 Å². The first-order chi connectivity index (χ1) is 20.8. The quantitative estimate of drug-likeness (QED) is 0.231. The maximum Gasteiger partial charge on any atom is 0.304 e. The van der Waals surface area contributed by atoms with Crippen molar-refractivity contribution in [3.8, 4) is 0 Å². The van der Waals surface area contributed by atoms with Gasteiger partial charge in [0.25, 0.3) is 0 Å².